The Morgan fingerprint density at radius 2 is 1.94 bits per heavy atom. The van der Waals surface area contributed by atoms with E-state index < -0.39 is 0 Å². The summed E-state index contributed by atoms with van der Waals surface area (Å²) in [6, 6.07) is 10.9. The van der Waals surface area contributed by atoms with Gasteiger partial charge in [0.1, 0.15) is 0 Å². The van der Waals surface area contributed by atoms with Gasteiger partial charge in [0.05, 0.1) is 4.99 Å². The smallest absolute Gasteiger partial charge is 0.0816 e. The Morgan fingerprint density at radius 1 is 1.33 bits per heavy atom. The molecule has 0 radical (unpaired) electrons. The second-order valence-electron chi connectivity index (χ2n) is 4.94. The average molecular weight is 264 g/mol. The fraction of sp³-hybridized carbons (Fsp3) is 0.533. The molecule has 0 aliphatic heterocycles. The van der Waals surface area contributed by atoms with E-state index in [1.807, 2.05) is 18.2 Å². The van der Waals surface area contributed by atoms with Crippen LogP contribution >= 0.6 is 12.2 Å². The van der Waals surface area contributed by atoms with E-state index >= 15 is 0 Å². The minimum absolute atomic E-state index is 0.144. The van der Waals surface area contributed by atoms with Crippen LogP contribution in [0.15, 0.2) is 30.3 Å². The third-order valence-electron chi connectivity index (χ3n) is 3.47. The molecule has 0 aliphatic rings. The summed E-state index contributed by atoms with van der Waals surface area (Å²) in [5, 5.41) is 0. The molecule has 3 heteroatoms. The van der Waals surface area contributed by atoms with Crippen LogP contribution in [0, 0.1) is 0 Å². The fourth-order valence-corrected chi connectivity index (χ4v) is 2.36. The molecule has 0 aromatic heterocycles. The number of rotatable bonds is 7. The highest BCUT2D eigenvalue weighted by atomic mass is 32.1. The average Bonchev–Trinajstić information content (AvgIpc) is 2.36. The monoisotopic (exact) mass is 264 g/mol. The minimum Gasteiger partial charge on any atom is -0.393 e. The van der Waals surface area contributed by atoms with E-state index in [-0.39, 0.29) is 5.92 Å². The minimum atomic E-state index is 0.144. The second-order valence-corrected chi connectivity index (χ2v) is 5.41. The zero-order valence-corrected chi connectivity index (χ0v) is 12.4. The predicted molar refractivity (Wildman–Crippen MR) is 83.0 cm³/mol. The summed E-state index contributed by atoms with van der Waals surface area (Å²) in [7, 11) is 2.15. The summed E-state index contributed by atoms with van der Waals surface area (Å²) >= 11 is 5.22. The lowest BCUT2D eigenvalue weighted by Crippen LogP contribution is -2.36. The molecule has 2 atom stereocenters. The SMILES string of the molecule is CCCC(C)N(C)CC(C(N)=S)c1ccccc1. The highest BCUT2D eigenvalue weighted by molar-refractivity contribution is 7.80. The molecule has 0 saturated carbocycles. The maximum atomic E-state index is 5.90. The van der Waals surface area contributed by atoms with Gasteiger partial charge in [0.25, 0.3) is 0 Å². The molecule has 0 amide bonds. The van der Waals surface area contributed by atoms with Gasteiger partial charge in [-0.25, -0.2) is 0 Å². The Morgan fingerprint density at radius 3 is 2.44 bits per heavy atom. The van der Waals surface area contributed by atoms with Crippen LogP contribution in [0.3, 0.4) is 0 Å². The Hall–Kier alpha value is -0.930. The predicted octanol–water partition coefficient (Wildman–Crippen LogP) is 3.18. The second kappa shape index (κ2) is 7.49. The molecular weight excluding hydrogens is 240 g/mol. The van der Waals surface area contributed by atoms with Gasteiger partial charge in [-0.3, -0.25) is 0 Å². The Kier molecular flexibility index (Phi) is 6.30. The number of thiocarbonyl (C=S) groups is 1. The first-order valence-electron chi connectivity index (χ1n) is 6.60. The van der Waals surface area contributed by atoms with Crippen molar-refractivity contribution in [1.29, 1.82) is 0 Å². The first-order valence-corrected chi connectivity index (χ1v) is 7.01. The fourth-order valence-electron chi connectivity index (χ4n) is 2.15. The number of likely N-dealkylation sites (N-methyl/N-ethyl adjacent to an activating group) is 1. The third kappa shape index (κ3) is 4.39. The quantitative estimate of drug-likeness (QED) is 0.767. The van der Waals surface area contributed by atoms with Gasteiger partial charge >= 0.3 is 0 Å². The molecule has 18 heavy (non-hydrogen) atoms. The van der Waals surface area contributed by atoms with Crippen LogP contribution in [0.4, 0.5) is 0 Å². The molecule has 0 fully saturated rings. The number of nitrogens with zero attached hydrogens (tertiary/aromatic N) is 1. The molecule has 1 aromatic carbocycles. The van der Waals surface area contributed by atoms with Crippen LogP contribution in [0.5, 0.6) is 0 Å². The summed E-state index contributed by atoms with van der Waals surface area (Å²) in [4.78, 5) is 2.93. The molecule has 100 valence electrons. The number of nitrogens with two attached hydrogens (primary N) is 1. The lowest BCUT2D eigenvalue weighted by atomic mass is 9.98. The molecule has 0 heterocycles. The number of hydrogen-bond donors (Lipinski definition) is 1. The normalized spacial score (nSPS) is 14.4. The molecule has 1 rings (SSSR count). The van der Waals surface area contributed by atoms with E-state index in [0.29, 0.717) is 11.0 Å². The molecule has 0 spiro atoms. The van der Waals surface area contributed by atoms with Crippen LogP contribution in [-0.2, 0) is 0 Å². The molecule has 0 bridgehead atoms. The van der Waals surface area contributed by atoms with E-state index in [1.165, 1.54) is 18.4 Å². The van der Waals surface area contributed by atoms with Gasteiger partial charge in [0, 0.05) is 18.5 Å². The maximum Gasteiger partial charge on any atom is 0.0816 e. The van der Waals surface area contributed by atoms with Crippen molar-refractivity contribution < 1.29 is 0 Å². The molecule has 1 aromatic rings. The van der Waals surface area contributed by atoms with E-state index in [1.54, 1.807) is 0 Å². The van der Waals surface area contributed by atoms with Crippen LogP contribution in [0.25, 0.3) is 0 Å². The highest BCUT2D eigenvalue weighted by Gasteiger charge is 2.19. The van der Waals surface area contributed by atoms with E-state index in [4.69, 9.17) is 18.0 Å². The summed E-state index contributed by atoms with van der Waals surface area (Å²) < 4.78 is 0. The van der Waals surface area contributed by atoms with Crippen molar-refractivity contribution in [3.8, 4) is 0 Å². The van der Waals surface area contributed by atoms with Gasteiger partial charge in [-0.05, 0) is 26.0 Å². The lowest BCUT2D eigenvalue weighted by molar-refractivity contribution is 0.243. The van der Waals surface area contributed by atoms with Gasteiger partial charge in [0.15, 0.2) is 0 Å². The van der Waals surface area contributed by atoms with Crippen molar-refractivity contribution >= 4 is 17.2 Å². The van der Waals surface area contributed by atoms with Crippen molar-refractivity contribution in [3.63, 3.8) is 0 Å². The van der Waals surface area contributed by atoms with Crippen molar-refractivity contribution in [1.82, 2.24) is 4.90 Å². The van der Waals surface area contributed by atoms with Gasteiger partial charge in [-0.2, -0.15) is 0 Å². The van der Waals surface area contributed by atoms with Crippen molar-refractivity contribution in [3.05, 3.63) is 35.9 Å². The van der Waals surface area contributed by atoms with Crippen LogP contribution in [-0.4, -0.2) is 29.5 Å². The van der Waals surface area contributed by atoms with Gasteiger partial charge < -0.3 is 10.6 Å². The Bertz CT molecular complexity index is 364. The number of benzene rings is 1. The van der Waals surface area contributed by atoms with Crippen molar-refractivity contribution in [2.24, 2.45) is 5.73 Å². The summed E-state index contributed by atoms with van der Waals surface area (Å²) in [6.07, 6.45) is 2.41. The number of hydrogen-bond acceptors (Lipinski definition) is 2. The molecule has 2 nitrogen and oxygen atoms in total. The highest BCUT2D eigenvalue weighted by Crippen LogP contribution is 2.18. The first kappa shape index (κ1) is 15.1. The van der Waals surface area contributed by atoms with Gasteiger partial charge in [-0.15, -0.1) is 0 Å². The summed E-state index contributed by atoms with van der Waals surface area (Å²) in [6.45, 7) is 5.36. The molecule has 2 unspecified atom stereocenters. The lowest BCUT2D eigenvalue weighted by Gasteiger charge is -2.28. The first-order chi connectivity index (χ1) is 8.56. The van der Waals surface area contributed by atoms with E-state index in [0.717, 1.165) is 6.54 Å². The van der Waals surface area contributed by atoms with E-state index in [9.17, 15) is 0 Å². The van der Waals surface area contributed by atoms with E-state index in [2.05, 4.69) is 37.9 Å². The molecule has 2 N–H and O–H groups in total. The standard InChI is InChI=1S/C15H24N2S/c1-4-8-12(2)17(3)11-14(15(16)18)13-9-6-5-7-10-13/h5-7,9-10,12,14H,4,8,11H2,1-3H3,(H2,16,18). The third-order valence-corrected chi connectivity index (χ3v) is 3.76. The topological polar surface area (TPSA) is 29.3 Å². The summed E-state index contributed by atoms with van der Waals surface area (Å²) in [5.41, 5.74) is 7.10. The zero-order chi connectivity index (χ0) is 13.5. The van der Waals surface area contributed by atoms with Gasteiger partial charge in [-0.1, -0.05) is 55.9 Å². The van der Waals surface area contributed by atoms with Crippen LogP contribution < -0.4 is 5.73 Å². The Labute approximate surface area is 116 Å². The van der Waals surface area contributed by atoms with Crippen molar-refractivity contribution in [2.75, 3.05) is 13.6 Å². The largest absolute Gasteiger partial charge is 0.393 e. The molecular formula is C15H24N2S. The van der Waals surface area contributed by atoms with Crippen molar-refractivity contribution in [2.45, 2.75) is 38.6 Å². The van der Waals surface area contributed by atoms with Gasteiger partial charge in [0.2, 0.25) is 0 Å². The van der Waals surface area contributed by atoms with Crippen LogP contribution in [0.1, 0.15) is 38.2 Å². The molecule has 0 aliphatic carbocycles. The summed E-state index contributed by atoms with van der Waals surface area (Å²) in [5.74, 6) is 0.144. The maximum absolute atomic E-state index is 5.90. The van der Waals surface area contributed by atoms with Crippen LogP contribution in [0.2, 0.25) is 0 Å². The Balaban J connectivity index is 2.73. The zero-order valence-electron chi connectivity index (χ0n) is 11.6. The molecule has 0 saturated heterocycles.